The summed E-state index contributed by atoms with van der Waals surface area (Å²) in [6, 6.07) is 8.27. The predicted octanol–water partition coefficient (Wildman–Crippen LogP) is 2.39. The molecule has 1 N–H and O–H groups in total. The van der Waals surface area contributed by atoms with E-state index in [0.29, 0.717) is 18.2 Å². The van der Waals surface area contributed by atoms with Crippen molar-refractivity contribution in [3.8, 4) is 0 Å². The molecule has 0 bridgehead atoms. The molecule has 1 atom stereocenters. The van der Waals surface area contributed by atoms with E-state index in [-0.39, 0.29) is 12.4 Å². The monoisotopic (exact) mass is 280 g/mol. The molecule has 1 saturated heterocycles. The van der Waals surface area contributed by atoms with Crippen molar-refractivity contribution in [2.24, 2.45) is 5.92 Å². The van der Waals surface area contributed by atoms with Gasteiger partial charge in [-0.25, -0.2) is 0 Å². The maximum atomic E-state index is 12.3. The molecule has 104 valence electrons. The average Bonchev–Trinajstić information content (AvgIpc) is 3.05. The molecule has 0 radical (unpaired) electrons. The van der Waals surface area contributed by atoms with Crippen molar-refractivity contribution in [3.63, 3.8) is 0 Å². The van der Waals surface area contributed by atoms with Crippen molar-refractivity contribution in [3.05, 3.63) is 29.8 Å². The van der Waals surface area contributed by atoms with Gasteiger partial charge in [0.05, 0.1) is 0 Å². The van der Waals surface area contributed by atoms with Gasteiger partial charge in [-0.3, -0.25) is 4.79 Å². The lowest BCUT2D eigenvalue weighted by Gasteiger charge is -2.18. The first-order valence-electron chi connectivity index (χ1n) is 6.93. The second-order valence-corrected chi connectivity index (χ2v) is 5.32. The van der Waals surface area contributed by atoms with Crippen LogP contribution in [0.5, 0.6) is 0 Å². The van der Waals surface area contributed by atoms with Crippen LogP contribution in [0, 0.1) is 5.92 Å². The molecule has 3 nitrogen and oxygen atoms in total. The van der Waals surface area contributed by atoms with Crippen molar-refractivity contribution in [2.45, 2.75) is 25.7 Å². The molecule has 0 aliphatic carbocycles. The van der Waals surface area contributed by atoms with Crippen molar-refractivity contribution in [1.29, 1.82) is 0 Å². The molecule has 2 heterocycles. The Balaban J connectivity index is 0.00000133. The molecular weight excluding hydrogens is 260 g/mol. The third-order valence-corrected chi connectivity index (χ3v) is 4.12. The fourth-order valence-corrected chi connectivity index (χ4v) is 3.02. The summed E-state index contributed by atoms with van der Waals surface area (Å²) in [5.74, 6) is 0.999. The highest BCUT2D eigenvalue weighted by Gasteiger charge is 2.24. The number of nitrogens with one attached hydrogen (secondary N) is 1. The Morgan fingerprint density at radius 3 is 3.00 bits per heavy atom. The minimum atomic E-state index is 0. The maximum Gasteiger partial charge on any atom is 0.227 e. The van der Waals surface area contributed by atoms with E-state index >= 15 is 0 Å². The summed E-state index contributed by atoms with van der Waals surface area (Å²) in [5, 5.41) is 3.36. The van der Waals surface area contributed by atoms with Crippen LogP contribution in [-0.4, -0.2) is 25.5 Å². The summed E-state index contributed by atoms with van der Waals surface area (Å²) in [6.07, 6.45) is 3.96. The fraction of sp³-hybridized carbons (Fsp3) is 0.533. The van der Waals surface area contributed by atoms with Crippen molar-refractivity contribution in [1.82, 2.24) is 5.32 Å². The molecule has 0 saturated carbocycles. The van der Waals surface area contributed by atoms with Gasteiger partial charge in [0, 0.05) is 18.7 Å². The van der Waals surface area contributed by atoms with Crippen LogP contribution >= 0.6 is 12.4 Å². The van der Waals surface area contributed by atoms with Crippen LogP contribution in [0.15, 0.2) is 24.3 Å². The standard InChI is InChI=1S/C15H20N2O.ClH/c18-15(6-5-12-7-9-16-11-12)17-10-8-13-3-1-2-4-14(13)17;/h1-4,12,16H,5-11H2;1H. The quantitative estimate of drug-likeness (QED) is 0.922. The molecule has 1 amide bonds. The van der Waals surface area contributed by atoms with Gasteiger partial charge in [0.25, 0.3) is 0 Å². The topological polar surface area (TPSA) is 32.3 Å². The highest BCUT2D eigenvalue weighted by atomic mass is 35.5. The number of carbonyl (C=O) groups is 1. The van der Waals surface area contributed by atoms with Crippen molar-refractivity contribution in [2.75, 3.05) is 24.5 Å². The van der Waals surface area contributed by atoms with Gasteiger partial charge in [0.1, 0.15) is 0 Å². The second kappa shape index (κ2) is 6.40. The smallest absolute Gasteiger partial charge is 0.227 e. The summed E-state index contributed by atoms with van der Waals surface area (Å²) in [5.41, 5.74) is 2.44. The first kappa shape index (κ1) is 14.4. The van der Waals surface area contributed by atoms with Crippen LogP contribution in [0.4, 0.5) is 5.69 Å². The number of benzene rings is 1. The molecule has 0 aromatic heterocycles. The summed E-state index contributed by atoms with van der Waals surface area (Å²) in [7, 11) is 0. The number of rotatable bonds is 3. The zero-order valence-corrected chi connectivity index (χ0v) is 11.9. The zero-order valence-electron chi connectivity index (χ0n) is 11.1. The van der Waals surface area contributed by atoms with Crippen LogP contribution in [0.3, 0.4) is 0 Å². The minimum Gasteiger partial charge on any atom is -0.316 e. The molecule has 2 aliphatic heterocycles. The van der Waals surface area contributed by atoms with Crippen LogP contribution in [0.2, 0.25) is 0 Å². The number of halogens is 1. The summed E-state index contributed by atoms with van der Waals surface area (Å²) in [4.78, 5) is 14.2. The molecule has 19 heavy (non-hydrogen) atoms. The lowest BCUT2D eigenvalue weighted by molar-refractivity contribution is -0.118. The van der Waals surface area contributed by atoms with Gasteiger partial charge < -0.3 is 10.2 Å². The van der Waals surface area contributed by atoms with Gasteiger partial charge in [-0.2, -0.15) is 0 Å². The van der Waals surface area contributed by atoms with E-state index in [1.165, 1.54) is 12.0 Å². The van der Waals surface area contributed by atoms with Gasteiger partial charge in [-0.15, -0.1) is 12.4 Å². The Labute approximate surface area is 120 Å². The van der Waals surface area contributed by atoms with E-state index in [2.05, 4.69) is 23.5 Å². The SMILES string of the molecule is Cl.O=C(CCC1CCNC1)N1CCc2ccccc21. The molecule has 2 aliphatic rings. The summed E-state index contributed by atoms with van der Waals surface area (Å²) in [6.45, 7) is 3.07. The van der Waals surface area contributed by atoms with E-state index in [0.717, 1.165) is 38.2 Å². The minimum absolute atomic E-state index is 0. The van der Waals surface area contributed by atoms with Crippen LogP contribution in [-0.2, 0) is 11.2 Å². The van der Waals surface area contributed by atoms with Gasteiger partial charge in [-0.1, -0.05) is 18.2 Å². The normalized spacial score (nSPS) is 21.1. The van der Waals surface area contributed by atoms with E-state index < -0.39 is 0 Å². The molecule has 0 spiro atoms. The summed E-state index contributed by atoms with van der Waals surface area (Å²) < 4.78 is 0. The van der Waals surface area contributed by atoms with Crippen LogP contribution in [0.25, 0.3) is 0 Å². The zero-order chi connectivity index (χ0) is 12.4. The largest absolute Gasteiger partial charge is 0.316 e. The Morgan fingerprint density at radius 2 is 2.21 bits per heavy atom. The number of para-hydroxylation sites is 1. The molecule has 1 aromatic rings. The molecular formula is C15H21ClN2O. The highest BCUT2D eigenvalue weighted by molar-refractivity contribution is 5.95. The Kier molecular flexibility index (Phi) is 4.83. The first-order valence-corrected chi connectivity index (χ1v) is 6.93. The average molecular weight is 281 g/mol. The van der Waals surface area contributed by atoms with Gasteiger partial charge in [0.15, 0.2) is 0 Å². The number of carbonyl (C=O) groups excluding carboxylic acids is 1. The van der Waals surface area contributed by atoms with Crippen molar-refractivity contribution < 1.29 is 4.79 Å². The highest BCUT2D eigenvalue weighted by Crippen LogP contribution is 2.28. The molecule has 3 rings (SSSR count). The number of fused-ring (bicyclic) bond motifs is 1. The number of hydrogen-bond acceptors (Lipinski definition) is 2. The first-order chi connectivity index (χ1) is 8.84. The molecule has 1 fully saturated rings. The molecule has 4 heteroatoms. The molecule has 1 aromatic carbocycles. The number of nitrogens with zero attached hydrogens (tertiary/aromatic N) is 1. The van der Waals surface area contributed by atoms with Gasteiger partial charge in [-0.05, 0) is 49.9 Å². The van der Waals surface area contributed by atoms with Gasteiger partial charge in [0.2, 0.25) is 5.91 Å². The van der Waals surface area contributed by atoms with E-state index in [1.807, 2.05) is 11.0 Å². The third kappa shape index (κ3) is 3.10. The van der Waals surface area contributed by atoms with E-state index in [1.54, 1.807) is 0 Å². The third-order valence-electron chi connectivity index (χ3n) is 4.12. The molecule has 1 unspecified atom stereocenters. The fourth-order valence-electron chi connectivity index (χ4n) is 3.02. The number of hydrogen-bond donors (Lipinski definition) is 1. The Morgan fingerprint density at radius 1 is 1.37 bits per heavy atom. The number of amides is 1. The number of anilines is 1. The van der Waals surface area contributed by atoms with Gasteiger partial charge >= 0.3 is 0 Å². The van der Waals surface area contributed by atoms with Crippen molar-refractivity contribution >= 4 is 24.0 Å². The Bertz CT molecular complexity index is 444. The maximum absolute atomic E-state index is 12.3. The van der Waals surface area contributed by atoms with E-state index in [9.17, 15) is 4.79 Å². The van der Waals surface area contributed by atoms with E-state index in [4.69, 9.17) is 0 Å². The Hall–Kier alpha value is -1.06. The lowest BCUT2D eigenvalue weighted by atomic mass is 10.0. The predicted molar refractivity (Wildman–Crippen MR) is 80.0 cm³/mol. The van der Waals surface area contributed by atoms with Crippen LogP contribution < -0.4 is 10.2 Å². The summed E-state index contributed by atoms with van der Waals surface area (Å²) >= 11 is 0. The lowest BCUT2D eigenvalue weighted by Crippen LogP contribution is -2.29. The van der Waals surface area contributed by atoms with Crippen LogP contribution in [0.1, 0.15) is 24.8 Å². The second-order valence-electron chi connectivity index (χ2n) is 5.32.